The Bertz CT molecular complexity index is 919. The molecule has 2 saturated heterocycles. The fraction of sp³-hybridized carbons (Fsp3) is 0.826. The molecule has 3 aliphatic rings. The van der Waals surface area contributed by atoms with Crippen LogP contribution in [0.5, 0.6) is 0 Å². The van der Waals surface area contributed by atoms with Crippen LogP contribution >= 0.6 is 11.6 Å². The Morgan fingerprint density at radius 3 is 2.34 bits per heavy atom. The molecule has 0 N–H and O–H groups in total. The summed E-state index contributed by atoms with van der Waals surface area (Å²) in [5, 5.41) is 0.546. The maximum absolute atomic E-state index is 12.4. The standard InChI is InChI=1S/C23H34ClF3N4O3S/c24-20-14-28-22(29-15-20)30-7-3-18(4-8-30)21-13-19(21)5-11-34-16-17-1-9-31(10-2-17)35(32,33)12-6-23(25,26)27/h14-15,17-19,21H,1-13,16H2/t19?,21-/m1/s1. The summed E-state index contributed by atoms with van der Waals surface area (Å²) in [5.74, 6) is 2.38. The van der Waals surface area contributed by atoms with Gasteiger partial charge in [-0.3, -0.25) is 0 Å². The van der Waals surface area contributed by atoms with Gasteiger partial charge in [-0.05, 0) is 62.2 Å². The highest BCUT2D eigenvalue weighted by atomic mass is 35.5. The van der Waals surface area contributed by atoms with Crippen LogP contribution in [0.25, 0.3) is 0 Å². The van der Waals surface area contributed by atoms with Crippen molar-refractivity contribution in [2.45, 2.75) is 51.1 Å². The smallest absolute Gasteiger partial charge is 0.381 e. The maximum atomic E-state index is 12.4. The lowest BCUT2D eigenvalue weighted by atomic mass is 9.90. The van der Waals surface area contributed by atoms with Gasteiger partial charge in [0.15, 0.2) is 0 Å². The van der Waals surface area contributed by atoms with Crippen LogP contribution in [0.4, 0.5) is 19.1 Å². The highest BCUT2D eigenvalue weighted by molar-refractivity contribution is 7.89. The topological polar surface area (TPSA) is 75.6 Å². The molecule has 198 valence electrons. The zero-order chi connectivity index (χ0) is 25.1. The predicted molar refractivity (Wildman–Crippen MR) is 128 cm³/mol. The number of hydrogen-bond donors (Lipinski definition) is 0. The number of sulfonamides is 1. The summed E-state index contributed by atoms with van der Waals surface area (Å²) in [7, 11) is -3.85. The van der Waals surface area contributed by atoms with Gasteiger partial charge in [-0.25, -0.2) is 22.7 Å². The predicted octanol–water partition coefficient (Wildman–Crippen LogP) is 4.38. The van der Waals surface area contributed by atoms with Gasteiger partial charge in [-0.15, -0.1) is 0 Å². The molecule has 0 spiro atoms. The Morgan fingerprint density at radius 1 is 1.06 bits per heavy atom. The first-order valence-corrected chi connectivity index (χ1v) is 14.4. The van der Waals surface area contributed by atoms with Gasteiger partial charge in [0.05, 0.1) is 29.6 Å². The van der Waals surface area contributed by atoms with Crippen LogP contribution in [0, 0.1) is 23.7 Å². The minimum Gasteiger partial charge on any atom is -0.381 e. The third-order valence-electron chi connectivity index (χ3n) is 7.61. The molecule has 1 aromatic heterocycles. The minimum atomic E-state index is -4.45. The van der Waals surface area contributed by atoms with Crippen LogP contribution < -0.4 is 4.90 Å². The van der Waals surface area contributed by atoms with Crippen molar-refractivity contribution in [2.24, 2.45) is 23.7 Å². The summed E-state index contributed by atoms with van der Waals surface area (Å²) >= 11 is 5.87. The number of hydrogen-bond acceptors (Lipinski definition) is 6. The Morgan fingerprint density at radius 2 is 1.71 bits per heavy atom. The quantitative estimate of drug-likeness (QED) is 0.411. The fourth-order valence-electron chi connectivity index (χ4n) is 5.39. The summed E-state index contributed by atoms with van der Waals surface area (Å²) < 4.78 is 68.4. The van der Waals surface area contributed by atoms with Gasteiger partial charge in [-0.1, -0.05) is 11.6 Å². The van der Waals surface area contributed by atoms with E-state index >= 15 is 0 Å². The zero-order valence-corrected chi connectivity index (χ0v) is 21.4. The van der Waals surface area contributed by atoms with Crippen LogP contribution in [0.3, 0.4) is 0 Å². The van der Waals surface area contributed by atoms with E-state index < -0.39 is 28.4 Å². The van der Waals surface area contributed by atoms with Crippen LogP contribution in [0.2, 0.25) is 5.02 Å². The van der Waals surface area contributed by atoms with E-state index in [0.717, 1.165) is 56.1 Å². The van der Waals surface area contributed by atoms with Gasteiger partial charge in [-0.2, -0.15) is 13.2 Å². The Balaban J connectivity index is 1.07. The monoisotopic (exact) mass is 538 g/mol. The lowest BCUT2D eigenvalue weighted by Crippen LogP contribution is -2.41. The van der Waals surface area contributed by atoms with Crippen LogP contribution in [0.1, 0.15) is 44.9 Å². The van der Waals surface area contributed by atoms with Gasteiger partial charge in [0, 0.05) is 39.4 Å². The molecule has 2 atom stereocenters. The molecular formula is C23H34ClF3N4O3S. The van der Waals surface area contributed by atoms with Crippen LogP contribution in [0.15, 0.2) is 12.4 Å². The van der Waals surface area contributed by atoms with E-state index in [1.807, 2.05) is 0 Å². The molecule has 7 nitrogen and oxygen atoms in total. The third kappa shape index (κ3) is 7.90. The first-order chi connectivity index (χ1) is 16.6. The van der Waals surface area contributed by atoms with Crippen molar-refractivity contribution in [3.8, 4) is 0 Å². The minimum absolute atomic E-state index is 0.262. The second-order valence-corrected chi connectivity index (χ2v) is 12.6. The van der Waals surface area contributed by atoms with Crippen LogP contribution in [-0.2, 0) is 14.8 Å². The van der Waals surface area contributed by atoms with E-state index in [1.165, 1.54) is 10.7 Å². The van der Waals surface area contributed by atoms with E-state index in [0.29, 0.717) is 31.1 Å². The highest BCUT2D eigenvalue weighted by Gasteiger charge is 2.43. The summed E-state index contributed by atoms with van der Waals surface area (Å²) in [5.41, 5.74) is 0. The molecule has 1 saturated carbocycles. The van der Waals surface area contributed by atoms with Crippen LogP contribution in [-0.4, -0.2) is 74.0 Å². The van der Waals surface area contributed by atoms with Crippen molar-refractivity contribution in [3.63, 3.8) is 0 Å². The largest absolute Gasteiger partial charge is 0.390 e. The number of piperidine rings is 2. The average Bonchev–Trinajstić information content (AvgIpc) is 3.61. The molecule has 35 heavy (non-hydrogen) atoms. The molecule has 1 aromatic rings. The van der Waals surface area contributed by atoms with Gasteiger partial charge < -0.3 is 9.64 Å². The van der Waals surface area contributed by atoms with E-state index in [4.69, 9.17) is 16.3 Å². The lowest BCUT2D eigenvalue weighted by Gasteiger charge is -2.32. The maximum Gasteiger partial charge on any atom is 0.390 e. The molecule has 12 heteroatoms. The second-order valence-electron chi connectivity index (χ2n) is 10.1. The number of ether oxygens (including phenoxy) is 1. The summed E-state index contributed by atoms with van der Waals surface area (Å²) in [6, 6.07) is 0. The Hall–Kier alpha value is -1.17. The number of rotatable bonds is 10. The van der Waals surface area contributed by atoms with E-state index in [1.54, 1.807) is 12.4 Å². The van der Waals surface area contributed by atoms with Crippen molar-refractivity contribution in [1.29, 1.82) is 0 Å². The molecule has 1 unspecified atom stereocenters. The molecule has 4 rings (SSSR count). The average molecular weight is 539 g/mol. The molecular weight excluding hydrogens is 505 g/mol. The normalized spacial score (nSPS) is 25.2. The second kappa shape index (κ2) is 11.5. The van der Waals surface area contributed by atoms with Crippen molar-refractivity contribution in [1.82, 2.24) is 14.3 Å². The van der Waals surface area contributed by atoms with E-state index in [-0.39, 0.29) is 19.0 Å². The zero-order valence-electron chi connectivity index (χ0n) is 19.8. The Labute approximate surface area is 210 Å². The first-order valence-electron chi connectivity index (χ1n) is 12.5. The summed E-state index contributed by atoms with van der Waals surface area (Å²) in [6.45, 7) is 3.79. The van der Waals surface area contributed by atoms with Crippen molar-refractivity contribution >= 4 is 27.6 Å². The lowest BCUT2D eigenvalue weighted by molar-refractivity contribution is -0.130. The summed E-state index contributed by atoms with van der Waals surface area (Å²) in [6.07, 6.45) is 3.40. The van der Waals surface area contributed by atoms with Gasteiger partial charge in [0.1, 0.15) is 0 Å². The number of anilines is 1. The van der Waals surface area contributed by atoms with Crippen molar-refractivity contribution < 1.29 is 26.3 Å². The molecule has 2 aliphatic heterocycles. The summed E-state index contributed by atoms with van der Waals surface area (Å²) in [4.78, 5) is 10.9. The molecule has 1 aliphatic carbocycles. The molecule has 3 heterocycles. The van der Waals surface area contributed by atoms with Gasteiger partial charge in [0.25, 0.3) is 0 Å². The fourth-order valence-corrected chi connectivity index (χ4v) is 7.00. The third-order valence-corrected chi connectivity index (χ3v) is 9.68. The van der Waals surface area contributed by atoms with Gasteiger partial charge >= 0.3 is 6.18 Å². The molecule has 0 bridgehead atoms. The molecule has 0 amide bonds. The first kappa shape index (κ1) is 26.9. The number of nitrogens with zero attached hydrogens (tertiary/aromatic N) is 4. The number of halogens is 4. The molecule has 0 radical (unpaired) electrons. The number of alkyl halides is 3. The molecule has 3 fully saturated rings. The van der Waals surface area contributed by atoms with Crippen molar-refractivity contribution in [2.75, 3.05) is 50.0 Å². The number of aromatic nitrogens is 2. The highest BCUT2D eigenvalue weighted by Crippen LogP contribution is 2.49. The van der Waals surface area contributed by atoms with E-state index in [2.05, 4.69) is 14.9 Å². The van der Waals surface area contributed by atoms with Crippen molar-refractivity contribution in [3.05, 3.63) is 17.4 Å². The van der Waals surface area contributed by atoms with E-state index in [9.17, 15) is 21.6 Å². The SMILES string of the molecule is O=S(=O)(CCC(F)(F)F)N1CCC(COCCC2C[C@@H]2C2CCN(c3ncc(Cl)cn3)CC2)CC1. The molecule has 0 aromatic carbocycles. The van der Waals surface area contributed by atoms with Gasteiger partial charge in [0.2, 0.25) is 16.0 Å². The Kier molecular flexibility index (Phi) is 8.82.